The summed E-state index contributed by atoms with van der Waals surface area (Å²) in [5.41, 5.74) is 19.6. The predicted molar refractivity (Wildman–Crippen MR) is 144 cm³/mol. The van der Waals surface area contributed by atoms with Crippen LogP contribution < -0.4 is 25.8 Å². The van der Waals surface area contributed by atoms with Crippen LogP contribution in [0, 0.1) is 0 Å². The number of amides is 1. The first kappa shape index (κ1) is 34.6. The van der Waals surface area contributed by atoms with E-state index in [0.717, 1.165) is 21.7 Å². The number of aliphatic hydroxyl groups is 4. The van der Waals surface area contributed by atoms with E-state index in [4.69, 9.17) is 31.0 Å². The summed E-state index contributed by atoms with van der Waals surface area (Å²) < 4.78 is 47.4. The van der Waals surface area contributed by atoms with Crippen LogP contribution in [-0.2, 0) is 27.7 Å². The van der Waals surface area contributed by atoms with Crippen LogP contribution in [0.25, 0.3) is 21.6 Å². The average molecular weight is 703 g/mol. The van der Waals surface area contributed by atoms with Crippen molar-refractivity contribution < 1.29 is 72.1 Å². The monoisotopic (exact) mass is 703 g/mol. The second kappa shape index (κ2) is 13.1. The number of rotatable bonds is 11. The molecule has 0 aromatic carbocycles. The molecule has 0 saturated carbocycles. The van der Waals surface area contributed by atoms with Crippen molar-refractivity contribution >= 4 is 44.3 Å². The Morgan fingerprint density at radius 2 is 1.91 bits per heavy atom. The van der Waals surface area contributed by atoms with Crippen molar-refractivity contribution in [1.82, 2.24) is 19.5 Å². The fourth-order valence-corrected chi connectivity index (χ4v) is 7.28. The van der Waals surface area contributed by atoms with Gasteiger partial charge in [0, 0.05) is 11.0 Å². The van der Waals surface area contributed by atoms with Crippen molar-refractivity contribution in [3.8, 4) is 0 Å². The number of phosphoric ester groups is 1. The van der Waals surface area contributed by atoms with Gasteiger partial charge in [-0.25, -0.2) is 15.0 Å². The molecular formula is C21H25N10O14P2-. The Kier molecular flexibility index (Phi) is 9.63. The van der Waals surface area contributed by atoms with Gasteiger partial charge in [-0.3, -0.25) is 13.9 Å². The summed E-state index contributed by atoms with van der Waals surface area (Å²) in [5.74, 6) is -4.25. The van der Waals surface area contributed by atoms with Crippen LogP contribution in [0.4, 0.5) is 11.8 Å². The molecule has 5 rings (SSSR count). The maximum absolute atomic E-state index is 13.4. The Bertz CT molecular complexity index is 1820. The first-order valence-corrected chi connectivity index (χ1v) is 16.2. The second-order valence-electron chi connectivity index (χ2n) is 10.1. The van der Waals surface area contributed by atoms with Gasteiger partial charge in [0.2, 0.25) is 5.95 Å². The number of nitrogen functional groups attached to an aromatic ring is 1. The van der Waals surface area contributed by atoms with Crippen LogP contribution in [0.5, 0.6) is 0 Å². The summed E-state index contributed by atoms with van der Waals surface area (Å²) in [5, 5.41) is 45.9. The van der Waals surface area contributed by atoms with Crippen LogP contribution in [0.3, 0.4) is 0 Å². The van der Waals surface area contributed by atoms with Crippen molar-refractivity contribution in [3.05, 3.63) is 46.9 Å². The molecule has 2 saturated heterocycles. The molecule has 5 heterocycles. The minimum Gasteiger partial charge on any atom is -0.790 e. The van der Waals surface area contributed by atoms with Crippen molar-refractivity contribution in [2.24, 2.45) is 10.8 Å². The lowest BCUT2D eigenvalue weighted by Crippen LogP contribution is -2.46. The van der Waals surface area contributed by atoms with Crippen molar-refractivity contribution in [2.45, 2.75) is 54.9 Å². The fourth-order valence-electron chi connectivity index (χ4n) is 4.95. The Hall–Kier alpha value is -3.70. The highest BCUT2D eigenvalue weighted by Gasteiger charge is 2.57. The van der Waals surface area contributed by atoms with E-state index >= 15 is 0 Å². The third-order valence-corrected chi connectivity index (χ3v) is 9.33. The molecule has 47 heavy (non-hydrogen) atoms. The standard InChI is InChI=1S/C21H26N10O14P2/c22-15-9-17(27-21(26-15)28-29-24)31(6-25-9)19-12(34)10(32)8(43-19)5-42-46(37,38)20(45-47(39,40)41)14-11(33)13(35)18(44-14)30-3-1-2-7(4-30)16(23)36/h1-4,6,8,10-14,18-20,32-35H,5H2,(H6-,22,23,26,27,36,37,38,39,40,41)/p-1. The van der Waals surface area contributed by atoms with Crippen LogP contribution in [0.15, 0.2) is 36.0 Å². The molecule has 24 nitrogen and oxygen atoms in total. The van der Waals surface area contributed by atoms with E-state index in [9.17, 15) is 49.0 Å². The number of carbonyl (C=O) groups excluding carboxylic acids is 1. The second-order valence-corrected chi connectivity index (χ2v) is 13.1. The average Bonchev–Trinajstić information content (AvgIpc) is 3.64. The number of hydrogen-bond acceptors (Lipinski definition) is 18. The number of primary amides is 1. The Labute approximate surface area is 261 Å². The summed E-state index contributed by atoms with van der Waals surface area (Å²) in [7, 11) is -11.7. The third-order valence-electron chi connectivity index (χ3n) is 7.12. The van der Waals surface area contributed by atoms with Gasteiger partial charge in [-0.1, -0.05) is 0 Å². The molecule has 3 aromatic rings. The van der Waals surface area contributed by atoms with E-state index in [1.54, 1.807) is 0 Å². The van der Waals surface area contributed by atoms with Gasteiger partial charge in [-0.05, 0) is 16.7 Å². The summed E-state index contributed by atoms with van der Waals surface area (Å²) >= 11 is 0. The van der Waals surface area contributed by atoms with Crippen molar-refractivity contribution in [2.75, 3.05) is 12.3 Å². The minimum absolute atomic E-state index is 0.00140. The Morgan fingerprint density at radius 1 is 1.19 bits per heavy atom. The van der Waals surface area contributed by atoms with E-state index in [2.05, 4.69) is 29.5 Å². The molecule has 3 aromatic heterocycles. The number of azide groups is 1. The summed E-state index contributed by atoms with van der Waals surface area (Å²) in [6.45, 7) is -1.05. The smallest absolute Gasteiger partial charge is 0.359 e. The molecule has 0 spiro atoms. The lowest BCUT2D eigenvalue weighted by Gasteiger charge is -2.37. The summed E-state index contributed by atoms with van der Waals surface area (Å²) in [6, 6.07) is 2.62. The molecule has 0 aliphatic carbocycles. The van der Waals surface area contributed by atoms with Gasteiger partial charge >= 0.3 is 7.60 Å². The molecule has 10 atom stereocenters. The topological polar surface area (TPSA) is 384 Å². The van der Waals surface area contributed by atoms with Crippen LogP contribution in [0.1, 0.15) is 22.8 Å². The van der Waals surface area contributed by atoms with Gasteiger partial charge in [0.15, 0.2) is 42.0 Å². The molecule has 2 aliphatic rings. The number of nitrogens with two attached hydrogens (primary N) is 2. The van der Waals surface area contributed by atoms with E-state index in [1.807, 2.05) is 0 Å². The van der Waals surface area contributed by atoms with Gasteiger partial charge in [-0.2, -0.15) is 4.57 Å². The molecule has 10 unspecified atom stereocenters. The first-order valence-electron chi connectivity index (χ1n) is 13.1. The predicted octanol–water partition coefficient (Wildman–Crippen LogP) is -3.95. The SMILES string of the molecule is [N-]=[N+]=Nc1nc(N)c2ncn(C3OC(COP(=O)(O)C(OP(=O)([O-])[O-])C4OC([n+]5cccc(C(N)=O)c5)C(O)C4O)C(O)C3O)c2n1. The van der Waals surface area contributed by atoms with Crippen LogP contribution in [-0.4, -0.2) is 99.8 Å². The van der Waals surface area contributed by atoms with Gasteiger partial charge in [0.05, 0.1) is 20.8 Å². The number of nitrogens with zero attached hydrogens (tertiary/aromatic N) is 8. The van der Waals surface area contributed by atoms with Gasteiger partial charge in [0.1, 0.15) is 41.6 Å². The van der Waals surface area contributed by atoms with Gasteiger partial charge in [0.25, 0.3) is 12.1 Å². The third kappa shape index (κ3) is 6.97. The largest absolute Gasteiger partial charge is 0.790 e. The zero-order valence-corrected chi connectivity index (χ0v) is 25.1. The summed E-state index contributed by atoms with van der Waals surface area (Å²) in [4.78, 5) is 59.8. The zero-order valence-electron chi connectivity index (χ0n) is 23.3. The molecule has 0 radical (unpaired) electrons. The maximum atomic E-state index is 13.4. The highest BCUT2D eigenvalue weighted by atomic mass is 31.2. The Morgan fingerprint density at radius 3 is 2.57 bits per heavy atom. The molecule has 9 N–H and O–H groups in total. The highest BCUT2D eigenvalue weighted by molar-refractivity contribution is 7.54. The van der Waals surface area contributed by atoms with Crippen molar-refractivity contribution in [3.63, 3.8) is 0 Å². The van der Waals surface area contributed by atoms with Crippen LogP contribution in [0.2, 0.25) is 0 Å². The number of aromatic nitrogens is 5. The number of fused-ring (bicyclic) bond motifs is 1. The van der Waals surface area contributed by atoms with Crippen molar-refractivity contribution in [1.29, 1.82) is 0 Å². The molecule has 1 amide bonds. The van der Waals surface area contributed by atoms with E-state index in [0.29, 0.717) is 0 Å². The quantitative estimate of drug-likeness (QED) is 0.0329. The Balaban J connectivity index is 1.36. The molecule has 2 aliphatic heterocycles. The maximum Gasteiger partial charge on any atom is 0.359 e. The number of phosphoric acid groups is 1. The molecule has 0 bridgehead atoms. The lowest BCUT2D eigenvalue weighted by molar-refractivity contribution is -0.766. The molecule has 254 valence electrons. The van der Waals surface area contributed by atoms with Crippen LogP contribution >= 0.6 is 15.4 Å². The number of anilines is 1. The molecule has 2 fully saturated rings. The fraction of sp³-hybridized carbons (Fsp3) is 0.476. The number of pyridine rings is 1. The molecule has 26 heteroatoms. The minimum atomic E-state index is -6.12. The van der Waals surface area contributed by atoms with E-state index < -0.39 is 88.8 Å². The number of carbonyl (C=O) groups is 1. The number of aliphatic hydroxyl groups excluding tert-OH is 4. The van der Waals surface area contributed by atoms with Gasteiger partial charge < -0.3 is 69.7 Å². The normalized spacial score (nSPS) is 29.8. The number of imidazole rings is 1. The lowest BCUT2D eigenvalue weighted by atomic mass is 10.1. The van der Waals surface area contributed by atoms with E-state index in [-0.39, 0.29) is 22.5 Å². The van der Waals surface area contributed by atoms with E-state index in [1.165, 1.54) is 18.3 Å². The summed E-state index contributed by atoms with van der Waals surface area (Å²) in [6.07, 6.45) is -11.2. The zero-order chi connectivity index (χ0) is 34.4. The first-order chi connectivity index (χ1) is 22.0. The molecular weight excluding hydrogens is 678 g/mol. The van der Waals surface area contributed by atoms with Gasteiger partial charge in [-0.15, -0.1) is 0 Å². The number of hydrogen-bond donors (Lipinski definition) is 7. The highest BCUT2D eigenvalue weighted by Crippen LogP contribution is 2.56. The number of ether oxygens (including phenoxy) is 2.